The van der Waals surface area contributed by atoms with E-state index in [2.05, 4.69) is 10.6 Å². The number of carbonyl (C=O) groups is 3. The first-order valence-corrected chi connectivity index (χ1v) is 14.4. The number of ether oxygens (including phenoxy) is 1. The average molecular weight is 713 g/mol. The van der Waals surface area contributed by atoms with Crippen molar-refractivity contribution in [1.29, 1.82) is 0 Å². The Kier molecular flexibility index (Phi) is 9.57. The van der Waals surface area contributed by atoms with Gasteiger partial charge >= 0.3 is 12.3 Å². The summed E-state index contributed by atoms with van der Waals surface area (Å²) in [5.41, 5.74) is -3.63. The van der Waals surface area contributed by atoms with Gasteiger partial charge in [0.1, 0.15) is 21.4 Å². The highest BCUT2D eigenvalue weighted by Gasteiger charge is 2.67. The number of amides is 3. The Morgan fingerprint density at radius 2 is 1.56 bits per heavy atom. The lowest BCUT2D eigenvalue weighted by Gasteiger charge is -2.20. The van der Waals surface area contributed by atoms with Gasteiger partial charge in [0.15, 0.2) is 5.82 Å². The normalized spacial score (nSPS) is 17.3. The summed E-state index contributed by atoms with van der Waals surface area (Å²) in [6.45, 7) is 4.65. The zero-order chi connectivity index (χ0) is 33.6. The second kappa shape index (κ2) is 12.5. The van der Waals surface area contributed by atoms with Crippen LogP contribution in [0.3, 0.4) is 0 Å². The van der Waals surface area contributed by atoms with Gasteiger partial charge in [-0.3, -0.25) is 14.9 Å². The first-order chi connectivity index (χ1) is 20.7. The minimum atomic E-state index is -4.71. The number of anilines is 3. The van der Waals surface area contributed by atoms with E-state index in [1.165, 1.54) is 18.2 Å². The van der Waals surface area contributed by atoms with Crippen molar-refractivity contribution in [2.24, 2.45) is 5.92 Å². The maximum atomic E-state index is 15.1. The lowest BCUT2D eigenvalue weighted by molar-refractivity contribution is -0.137. The maximum Gasteiger partial charge on any atom is 0.416 e. The minimum absolute atomic E-state index is 0.00185. The van der Waals surface area contributed by atoms with Crippen molar-refractivity contribution in [2.75, 3.05) is 16.0 Å². The molecule has 0 aliphatic heterocycles. The second-order valence-electron chi connectivity index (χ2n) is 10.9. The zero-order valence-corrected chi connectivity index (χ0v) is 26.3. The molecule has 1 fully saturated rings. The van der Waals surface area contributed by atoms with Gasteiger partial charge in [0, 0.05) is 16.6 Å². The monoisotopic (exact) mass is 711 g/mol. The van der Waals surface area contributed by atoms with Gasteiger partial charge in [0.05, 0.1) is 27.8 Å². The molecule has 3 aromatic rings. The second-order valence-corrected chi connectivity index (χ2v) is 13.2. The predicted molar refractivity (Wildman–Crippen MR) is 161 cm³/mol. The molecule has 0 radical (unpaired) electrons. The zero-order valence-electron chi connectivity index (χ0n) is 23.3. The maximum absolute atomic E-state index is 15.1. The highest BCUT2D eigenvalue weighted by Crippen LogP contribution is 2.65. The Morgan fingerprint density at radius 3 is 2.18 bits per heavy atom. The highest BCUT2D eigenvalue weighted by atomic mass is 35.5. The molecule has 3 amide bonds. The molecule has 1 saturated carbocycles. The van der Waals surface area contributed by atoms with Crippen LogP contribution >= 0.6 is 46.4 Å². The van der Waals surface area contributed by atoms with Crippen molar-refractivity contribution in [3.8, 4) is 0 Å². The van der Waals surface area contributed by atoms with Crippen molar-refractivity contribution in [1.82, 2.24) is 0 Å². The number of rotatable bonds is 6. The van der Waals surface area contributed by atoms with E-state index < -0.39 is 74.4 Å². The molecule has 0 saturated heterocycles. The van der Waals surface area contributed by atoms with Crippen LogP contribution in [0.4, 0.5) is 43.8 Å². The van der Waals surface area contributed by atoms with Gasteiger partial charge < -0.3 is 15.4 Å². The van der Waals surface area contributed by atoms with E-state index in [0.717, 1.165) is 30.3 Å². The number of benzene rings is 3. The lowest BCUT2D eigenvalue weighted by Crippen LogP contribution is -2.28. The van der Waals surface area contributed by atoms with Crippen molar-refractivity contribution in [3.05, 3.63) is 86.9 Å². The summed E-state index contributed by atoms with van der Waals surface area (Å²) in [5.74, 6) is -6.45. The summed E-state index contributed by atoms with van der Waals surface area (Å²) in [4.78, 5) is 38.2. The fraction of sp³-hybridized carbons (Fsp3) is 0.276. The van der Waals surface area contributed by atoms with Gasteiger partial charge in [-0.2, -0.15) is 13.2 Å². The molecular formula is C29H22Cl4F5N3O4. The van der Waals surface area contributed by atoms with Gasteiger partial charge in [-0.15, -0.1) is 23.2 Å². The Labute approximate surface area is 273 Å². The van der Waals surface area contributed by atoms with Crippen molar-refractivity contribution >= 4 is 81.4 Å². The SMILES string of the molecule is CC(C)(C)OC(=O)Nc1c(F)ccc(NC(=O)c2cc(NC(=O)C3C(c4cc(Cl)cc(C(F)(F)F)c4)C3(Cl)Cl)ccc2Cl)c1F. The average Bonchev–Trinajstić information content (AvgIpc) is 3.49. The molecule has 0 heterocycles. The molecule has 2 atom stereocenters. The standard InChI is InChI=1S/C29H22Cl4F5N3O4/c1-27(2,3)45-26(44)41-23-18(34)6-7-19(22(23)35)40-24(42)16-11-15(4-5-17(16)31)39-25(43)21-20(28(21,32)33)12-8-13(29(36,37)38)10-14(30)9-12/h4-11,20-21H,1-3H3,(H,39,43)(H,40,42)(H,41,44). The summed E-state index contributed by atoms with van der Waals surface area (Å²) in [7, 11) is 0. The molecule has 0 aromatic heterocycles. The molecule has 4 rings (SSSR count). The summed E-state index contributed by atoms with van der Waals surface area (Å²) in [6, 6.07) is 8.17. The van der Waals surface area contributed by atoms with E-state index in [1.54, 1.807) is 20.8 Å². The van der Waals surface area contributed by atoms with Gasteiger partial charge in [0.25, 0.3) is 5.91 Å². The summed E-state index contributed by atoms with van der Waals surface area (Å²) >= 11 is 24.6. The molecule has 3 N–H and O–H groups in total. The first-order valence-electron chi connectivity index (χ1n) is 12.8. The molecule has 1 aliphatic carbocycles. The molecule has 1 aliphatic rings. The van der Waals surface area contributed by atoms with Gasteiger partial charge in [-0.25, -0.2) is 13.6 Å². The largest absolute Gasteiger partial charge is 0.444 e. The highest BCUT2D eigenvalue weighted by molar-refractivity contribution is 6.53. The van der Waals surface area contributed by atoms with Gasteiger partial charge in [-0.05, 0) is 74.9 Å². The van der Waals surface area contributed by atoms with Crippen LogP contribution in [0.25, 0.3) is 0 Å². The first kappa shape index (κ1) is 34.6. The molecule has 16 heteroatoms. The van der Waals surface area contributed by atoms with Crippen LogP contribution < -0.4 is 16.0 Å². The fourth-order valence-corrected chi connectivity index (χ4v) is 5.65. The van der Waals surface area contributed by atoms with E-state index >= 15 is 4.39 Å². The molecule has 7 nitrogen and oxygen atoms in total. The van der Waals surface area contributed by atoms with E-state index in [1.807, 2.05) is 5.32 Å². The van der Waals surface area contributed by atoms with E-state index in [9.17, 15) is 31.9 Å². The van der Waals surface area contributed by atoms with Crippen LogP contribution in [0, 0.1) is 17.6 Å². The Balaban J connectivity index is 1.52. The van der Waals surface area contributed by atoms with E-state index in [0.29, 0.717) is 0 Å². The van der Waals surface area contributed by atoms with Crippen LogP contribution in [0.5, 0.6) is 0 Å². The van der Waals surface area contributed by atoms with E-state index in [-0.39, 0.29) is 26.9 Å². The van der Waals surface area contributed by atoms with Crippen molar-refractivity contribution in [3.63, 3.8) is 0 Å². The third-order valence-electron chi connectivity index (χ3n) is 6.39. The third kappa shape index (κ3) is 7.92. The van der Waals surface area contributed by atoms with Crippen LogP contribution in [0.15, 0.2) is 48.5 Å². The Morgan fingerprint density at radius 1 is 0.889 bits per heavy atom. The summed E-state index contributed by atoms with van der Waals surface area (Å²) in [5, 5.41) is 6.32. The third-order valence-corrected chi connectivity index (χ3v) is 7.87. The number of carbonyl (C=O) groups excluding carboxylic acids is 3. The number of halogens is 9. The summed E-state index contributed by atoms with van der Waals surface area (Å²) < 4.78 is 72.5. The quantitative estimate of drug-likeness (QED) is 0.175. The van der Waals surface area contributed by atoms with Crippen LogP contribution in [-0.4, -0.2) is 27.8 Å². The van der Waals surface area contributed by atoms with Crippen LogP contribution in [0.2, 0.25) is 10.0 Å². The van der Waals surface area contributed by atoms with Crippen LogP contribution in [-0.2, 0) is 15.7 Å². The van der Waals surface area contributed by atoms with Crippen molar-refractivity contribution in [2.45, 2.75) is 42.8 Å². The number of nitrogens with one attached hydrogen (secondary N) is 3. The molecule has 3 aromatic carbocycles. The lowest BCUT2D eigenvalue weighted by atomic mass is 10.0. The predicted octanol–water partition coefficient (Wildman–Crippen LogP) is 9.42. The van der Waals surface area contributed by atoms with E-state index in [4.69, 9.17) is 51.1 Å². The minimum Gasteiger partial charge on any atom is -0.444 e. The summed E-state index contributed by atoms with van der Waals surface area (Å²) in [6.07, 6.45) is -5.84. The van der Waals surface area contributed by atoms with Gasteiger partial charge in [0.2, 0.25) is 5.91 Å². The Bertz CT molecular complexity index is 1700. The number of hydrogen-bond acceptors (Lipinski definition) is 4. The smallest absolute Gasteiger partial charge is 0.416 e. The molecule has 2 unspecified atom stereocenters. The number of hydrogen-bond donors (Lipinski definition) is 3. The molecule has 240 valence electrons. The molecule has 0 bridgehead atoms. The van der Waals surface area contributed by atoms with Gasteiger partial charge in [-0.1, -0.05) is 23.2 Å². The Hall–Kier alpha value is -3.32. The fourth-order valence-electron chi connectivity index (χ4n) is 4.38. The molecule has 45 heavy (non-hydrogen) atoms. The van der Waals surface area contributed by atoms with Crippen molar-refractivity contribution < 1.29 is 41.1 Å². The topological polar surface area (TPSA) is 96.5 Å². The molecular weight excluding hydrogens is 691 g/mol. The molecule has 0 spiro atoms. The van der Waals surface area contributed by atoms with Crippen LogP contribution in [0.1, 0.15) is 48.2 Å². The number of alkyl halides is 5.